The highest BCUT2D eigenvalue weighted by molar-refractivity contribution is 7.11. The fraction of sp³-hybridized carbons (Fsp3) is 0.273. The van der Waals surface area contributed by atoms with Crippen molar-refractivity contribution >= 4 is 22.6 Å². The Hall–Kier alpha value is -1.02. The van der Waals surface area contributed by atoms with Gasteiger partial charge in [-0.15, -0.1) is 11.3 Å². The van der Waals surface area contributed by atoms with Gasteiger partial charge in [-0.3, -0.25) is 0 Å². The van der Waals surface area contributed by atoms with Crippen LogP contribution in [-0.2, 0) is 0 Å². The molecule has 0 saturated heterocycles. The summed E-state index contributed by atoms with van der Waals surface area (Å²) < 4.78 is 0. The first-order valence-electron chi connectivity index (χ1n) is 4.30. The molecule has 0 N–H and O–H groups in total. The lowest BCUT2D eigenvalue weighted by Gasteiger charge is -2.24. The molecule has 0 aromatic carbocycles. The number of nitrogens with zero attached hydrogens (tertiary/aromatic N) is 1. The third-order valence-electron chi connectivity index (χ3n) is 2.43. The van der Waals surface area contributed by atoms with E-state index in [1.807, 2.05) is 18.4 Å². The average molecular weight is 191 g/mol. The van der Waals surface area contributed by atoms with Gasteiger partial charge < -0.3 is 4.90 Å². The minimum absolute atomic E-state index is 1.11. The van der Waals surface area contributed by atoms with Crippen LogP contribution in [0.4, 0.5) is 0 Å². The Balaban J connectivity index is 2.67. The van der Waals surface area contributed by atoms with E-state index in [2.05, 4.69) is 36.9 Å². The van der Waals surface area contributed by atoms with Gasteiger partial charge in [-0.05, 0) is 30.4 Å². The highest BCUT2D eigenvalue weighted by atomic mass is 32.1. The van der Waals surface area contributed by atoms with Crippen LogP contribution in [0.2, 0.25) is 0 Å². The second-order valence-corrected chi connectivity index (χ2v) is 4.37. The third-order valence-corrected chi connectivity index (χ3v) is 3.67. The number of hydrogen-bond donors (Lipinski definition) is 0. The Morgan fingerprint density at radius 1 is 1.38 bits per heavy atom. The largest absolute Gasteiger partial charge is 0.351 e. The smallest absolute Gasteiger partial charge is 0.0421 e. The first-order valence-corrected chi connectivity index (χ1v) is 5.18. The zero-order valence-corrected chi connectivity index (χ0v) is 9.03. The first kappa shape index (κ1) is 8.57. The van der Waals surface area contributed by atoms with Crippen molar-refractivity contribution in [1.82, 2.24) is 4.90 Å². The Bertz CT molecular complexity index is 398. The Kier molecular flexibility index (Phi) is 1.81. The fourth-order valence-electron chi connectivity index (χ4n) is 1.70. The van der Waals surface area contributed by atoms with Crippen molar-refractivity contribution in [3.63, 3.8) is 0 Å². The Morgan fingerprint density at radius 3 is 2.77 bits per heavy atom. The summed E-state index contributed by atoms with van der Waals surface area (Å²) >= 11 is 1.81. The molecular weight excluding hydrogens is 178 g/mol. The molecule has 1 aromatic rings. The van der Waals surface area contributed by atoms with E-state index >= 15 is 0 Å². The molecule has 0 fully saturated rings. The summed E-state index contributed by atoms with van der Waals surface area (Å²) in [6.07, 6.45) is 2.14. The quantitative estimate of drug-likeness (QED) is 0.608. The van der Waals surface area contributed by atoms with Crippen molar-refractivity contribution in [3.8, 4) is 0 Å². The molecule has 0 spiro atoms. The van der Waals surface area contributed by atoms with E-state index in [0.717, 1.165) is 5.70 Å². The molecule has 1 aromatic heterocycles. The maximum absolute atomic E-state index is 4.09. The minimum Gasteiger partial charge on any atom is -0.351 e. The van der Waals surface area contributed by atoms with Crippen LogP contribution in [0.5, 0.6) is 0 Å². The predicted octanol–water partition coefficient (Wildman–Crippen LogP) is 3.33. The molecular formula is C11H13NS. The predicted molar refractivity (Wildman–Crippen MR) is 59.5 cm³/mol. The molecule has 1 nitrogen and oxygen atoms in total. The van der Waals surface area contributed by atoms with Crippen LogP contribution < -0.4 is 0 Å². The lowest BCUT2D eigenvalue weighted by atomic mass is 10.0. The van der Waals surface area contributed by atoms with Gasteiger partial charge in [0.1, 0.15) is 0 Å². The molecule has 2 rings (SSSR count). The molecule has 1 aliphatic rings. The van der Waals surface area contributed by atoms with Gasteiger partial charge in [0.05, 0.1) is 0 Å². The van der Waals surface area contributed by atoms with Crippen LogP contribution in [0.15, 0.2) is 18.2 Å². The molecule has 13 heavy (non-hydrogen) atoms. The number of thiophene rings is 1. The van der Waals surface area contributed by atoms with Gasteiger partial charge >= 0.3 is 0 Å². The second-order valence-electron chi connectivity index (χ2n) is 3.49. The van der Waals surface area contributed by atoms with Gasteiger partial charge in [0.2, 0.25) is 0 Å². The highest BCUT2D eigenvalue weighted by Gasteiger charge is 2.19. The standard InChI is InChI=1S/C11H13NS/c1-7-5-12(4)9(3)10-8(2)6-13-11(7)10/h5-6H,3H2,1-2,4H3. The number of fused-ring (bicyclic) bond motifs is 1. The van der Waals surface area contributed by atoms with E-state index in [0.29, 0.717) is 0 Å². The van der Waals surface area contributed by atoms with Crippen molar-refractivity contribution in [2.24, 2.45) is 0 Å². The summed E-state index contributed by atoms with van der Waals surface area (Å²) in [6.45, 7) is 8.39. The van der Waals surface area contributed by atoms with Gasteiger partial charge in [-0.2, -0.15) is 0 Å². The van der Waals surface area contributed by atoms with E-state index < -0.39 is 0 Å². The van der Waals surface area contributed by atoms with E-state index in [1.165, 1.54) is 21.6 Å². The van der Waals surface area contributed by atoms with Gasteiger partial charge in [-0.25, -0.2) is 0 Å². The molecule has 68 valence electrons. The van der Waals surface area contributed by atoms with Crippen LogP contribution >= 0.6 is 11.3 Å². The highest BCUT2D eigenvalue weighted by Crippen LogP contribution is 2.38. The van der Waals surface area contributed by atoms with Crippen molar-refractivity contribution in [2.75, 3.05) is 7.05 Å². The van der Waals surface area contributed by atoms with Crippen molar-refractivity contribution in [2.45, 2.75) is 13.8 Å². The SMILES string of the molecule is C=C1c2c(C)csc2C(C)=CN1C. The molecule has 2 heteroatoms. The topological polar surface area (TPSA) is 3.24 Å². The van der Waals surface area contributed by atoms with Crippen LogP contribution in [0.25, 0.3) is 11.3 Å². The van der Waals surface area contributed by atoms with Crippen molar-refractivity contribution in [1.29, 1.82) is 0 Å². The number of allylic oxidation sites excluding steroid dienone is 1. The van der Waals surface area contributed by atoms with Crippen molar-refractivity contribution < 1.29 is 0 Å². The van der Waals surface area contributed by atoms with E-state index in [-0.39, 0.29) is 0 Å². The molecule has 0 bridgehead atoms. The number of aryl methyl sites for hydroxylation is 1. The third kappa shape index (κ3) is 1.13. The zero-order chi connectivity index (χ0) is 9.59. The molecule has 0 amide bonds. The fourth-order valence-corrected chi connectivity index (χ4v) is 2.74. The van der Waals surface area contributed by atoms with E-state index in [4.69, 9.17) is 0 Å². The summed E-state index contributed by atoms with van der Waals surface area (Å²) in [5.41, 5.74) is 5.11. The van der Waals surface area contributed by atoms with E-state index in [9.17, 15) is 0 Å². The molecule has 0 radical (unpaired) electrons. The van der Waals surface area contributed by atoms with Crippen LogP contribution in [0.3, 0.4) is 0 Å². The summed E-state index contributed by atoms with van der Waals surface area (Å²) in [6, 6.07) is 0. The summed E-state index contributed by atoms with van der Waals surface area (Å²) in [5.74, 6) is 0. The zero-order valence-electron chi connectivity index (χ0n) is 8.22. The van der Waals surface area contributed by atoms with Gasteiger partial charge in [0.15, 0.2) is 0 Å². The molecule has 0 atom stereocenters. The maximum atomic E-state index is 4.09. The molecule has 0 unspecified atom stereocenters. The number of rotatable bonds is 0. The molecule has 0 saturated carbocycles. The Labute approximate surface area is 83.0 Å². The molecule has 1 aliphatic heterocycles. The average Bonchev–Trinajstić information content (AvgIpc) is 2.44. The maximum Gasteiger partial charge on any atom is 0.0421 e. The van der Waals surface area contributed by atoms with Crippen LogP contribution in [-0.4, -0.2) is 11.9 Å². The number of hydrogen-bond acceptors (Lipinski definition) is 2. The van der Waals surface area contributed by atoms with Gasteiger partial charge in [0, 0.05) is 29.4 Å². The second kappa shape index (κ2) is 2.74. The monoisotopic (exact) mass is 191 g/mol. The normalized spacial score (nSPS) is 15.8. The van der Waals surface area contributed by atoms with Gasteiger partial charge in [-0.1, -0.05) is 6.58 Å². The van der Waals surface area contributed by atoms with Crippen molar-refractivity contribution in [3.05, 3.63) is 34.2 Å². The lowest BCUT2D eigenvalue weighted by molar-refractivity contribution is 0.653. The Morgan fingerprint density at radius 2 is 2.08 bits per heavy atom. The minimum atomic E-state index is 1.11. The summed E-state index contributed by atoms with van der Waals surface area (Å²) in [7, 11) is 2.05. The lowest BCUT2D eigenvalue weighted by Crippen LogP contribution is -2.13. The first-order chi connectivity index (χ1) is 6.11. The van der Waals surface area contributed by atoms with Gasteiger partial charge in [0.25, 0.3) is 0 Å². The summed E-state index contributed by atoms with van der Waals surface area (Å²) in [4.78, 5) is 3.47. The van der Waals surface area contributed by atoms with Crippen LogP contribution in [0, 0.1) is 6.92 Å². The summed E-state index contributed by atoms with van der Waals surface area (Å²) in [5, 5.41) is 2.20. The van der Waals surface area contributed by atoms with Crippen LogP contribution in [0.1, 0.15) is 22.9 Å². The molecule has 0 aliphatic carbocycles. The molecule has 2 heterocycles. The van der Waals surface area contributed by atoms with E-state index in [1.54, 1.807) is 0 Å².